The Bertz CT molecular complexity index is 126. The molecule has 0 radical (unpaired) electrons. The van der Waals surface area contributed by atoms with Crippen molar-refractivity contribution >= 4 is 22.2 Å². The maximum Gasteiger partial charge on any atom is 0.320 e. The summed E-state index contributed by atoms with van der Waals surface area (Å²) < 4.78 is 4.41. The fraction of sp³-hybridized carbons (Fsp3) is 0.857. The fourth-order valence-corrected chi connectivity index (χ4v) is 0.701. The molecule has 0 fully saturated rings. The number of hydrogen-bond acceptors (Lipinski definition) is 2. The minimum atomic E-state index is -0.215. The molecule has 1 unspecified atom stereocenters. The Balaban J connectivity index is 4.08. The van der Waals surface area contributed by atoms with Crippen LogP contribution < -0.4 is 0 Å². The van der Waals surface area contributed by atoms with E-state index in [0.29, 0.717) is 0 Å². The molecule has 0 saturated heterocycles. The number of halogens is 1. The predicted octanol–water partition coefficient (Wildman–Crippen LogP) is 2.52. The van der Waals surface area contributed by atoms with Crippen LogP contribution in [0.25, 0.3) is 0 Å². The third kappa shape index (κ3) is 2.69. The van der Waals surface area contributed by atoms with Crippen molar-refractivity contribution in [3.63, 3.8) is 0 Å². The molecule has 0 aromatic heterocycles. The van der Waals surface area contributed by atoms with Crippen LogP contribution in [0.1, 0.15) is 27.7 Å². The zero-order chi connectivity index (χ0) is 8.36. The Morgan fingerprint density at radius 2 is 1.90 bits per heavy atom. The molecular formula is C7H13BrO2. The van der Waals surface area contributed by atoms with Crippen molar-refractivity contribution in [3.05, 3.63) is 0 Å². The van der Waals surface area contributed by atoms with Crippen LogP contribution in [0, 0.1) is 11.3 Å². The molecule has 0 heterocycles. The van der Waals surface area contributed by atoms with Crippen LogP contribution in [0.2, 0.25) is 0 Å². The third-order valence-corrected chi connectivity index (χ3v) is 2.05. The van der Waals surface area contributed by atoms with Gasteiger partial charge in [-0.3, -0.25) is 4.79 Å². The summed E-state index contributed by atoms with van der Waals surface area (Å²) in [5, 5.41) is 0. The first-order valence-corrected chi connectivity index (χ1v) is 3.86. The second-order valence-electron chi connectivity index (χ2n) is 3.48. The van der Waals surface area contributed by atoms with E-state index in [4.69, 9.17) is 0 Å². The van der Waals surface area contributed by atoms with Gasteiger partial charge in [0.15, 0.2) is 16.3 Å². The average Bonchev–Trinajstić information content (AvgIpc) is 1.83. The van der Waals surface area contributed by atoms with Gasteiger partial charge in [-0.1, -0.05) is 27.7 Å². The van der Waals surface area contributed by atoms with Gasteiger partial charge in [-0.05, 0) is 5.41 Å². The van der Waals surface area contributed by atoms with E-state index in [0.717, 1.165) is 0 Å². The molecular weight excluding hydrogens is 196 g/mol. The Labute approximate surface area is 70.4 Å². The molecule has 0 aromatic carbocycles. The first-order chi connectivity index (χ1) is 4.39. The third-order valence-electron chi connectivity index (χ3n) is 1.73. The van der Waals surface area contributed by atoms with Gasteiger partial charge < -0.3 is 3.83 Å². The van der Waals surface area contributed by atoms with E-state index in [2.05, 4.69) is 20.1 Å². The molecule has 0 amide bonds. The Morgan fingerprint density at radius 3 is 2.00 bits per heavy atom. The van der Waals surface area contributed by atoms with Crippen molar-refractivity contribution < 1.29 is 8.62 Å². The second-order valence-corrected chi connectivity index (χ2v) is 3.81. The highest BCUT2D eigenvalue weighted by Gasteiger charge is 2.27. The van der Waals surface area contributed by atoms with Crippen LogP contribution in [0.4, 0.5) is 0 Å². The zero-order valence-corrected chi connectivity index (χ0v) is 8.36. The van der Waals surface area contributed by atoms with Gasteiger partial charge in [0.25, 0.3) is 0 Å². The van der Waals surface area contributed by atoms with Crippen LogP contribution >= 0.6 is 16.3 Å². The first kappa shape index (κ1) is 9.95. The lowest BCUT2D eigenvalue weighted by atomic mass is 9.82. The quantitative estimate of drug-likeness (QED) is 0.663. The summed E-state index contributed by atoms with van der Waals surface area (Å²) >= 11 is 2.66. The lowest BCUT2D eigenvalue weighted by Gasteiger charge is -2.23. The molecule has 0 aliphatic rings. The monoisotopic (exact) mass is 208 g/mol. The minimum Gasteiger partial charge on any atom is -0.383 e. The molecule has 0 N–H and O–H groups in total. The number of hydrogen-bond donors (Lipinski definition) is 0. The maximum absolute atomic E-state index is 10.9. The Morgan fingerprint density at radius 1 is 1.50 bits per heavy atom. The number of carbonyl (C=O) groups is 1. The summed E-state index contributed by atoms with van der Waals surface area (Å²) in [4.78, 5) is 10.9. The topological polar surface area (TPSA) is 26.3 Å². The molecule has 3 heteroatoms. The van der Waals surface area contributed by atoms with E-state index in [1.165, 1.54) is 0 Å². The molecule has 0 bridgehead atoms. The lowest BCUT2D eigenvalue weighted by Crippen LogP contribution is -2.25. The molecule has 1 atom stereocenters. The van der Waals surface area contributed by atoms with Gasteiger partial charge in [-0.15, -0.1) is 0 Å². The molecule has 10 heavy (non-hydrogen) atoms. The van der Waals surface area contributed by atoms with E-state index in [-0.39, 0.29) is 17.3 Å². The summed E-state index contributed by atoms with van der Waals surface area (Å²) in [5.41, 5.74) is -0.0230. The smallest absolute Gasteiger partial charge is 0.320 e. The highest BCUT2D eigenvalue weighted by Crippen LogP contribution is 2.26. The summed E-state index contributed by atoms with van der Waals surface area (Å²) in [6.07, 6.45) is 0. The molecule has 2 nitrogen and oxygen atoms in total. The van der Waals surface area contributed by atoms with E-state index in [1.807, 2.05) is 27.7 Å². The lowest BCUT2D eigenvalue weighted by molar-refractivity contribution is -0.139. The minimum absolute atomic E-state index is 0.0230. The maximum atomic E-state index is 10.9. The summed E-state index contributed by atoms with van der Waals surface area (Å²) in [7, 11) is 0. The molecule has 0 aliphatic carbocycles. The van der Waals surface area contributed by atoms with Gasteiger partial charge in [-0.25, -0.2) is 0 Å². The van der Waals surface area contributed by atoms with Crippen molar-refractivity contribution in [2.24, 2.45) is 11.3 Å². The van der Waals surface area contributed by atoms with Gasteiger partial charge in [0, 0.05) is 0 Å². The molecule has 0 spiro atoms. The highest BCUT2D eigenvalue weighted by atomic mass is 79.9. The van der Waals surface area contributed by atoms with Gasteiger partial charge in [0.2, 0.25) is 0 Å². The molecule has 60 valence electrons. The SMILES string of the molecule is CC(C(=O)OBr)C(C)(C)C. The Kier molecular flexibility index (Phi) is 3.36. The van der Waals surface area contributed by atoms with Gasteiger partial charge >= 0.3 is 5.97 Å². The zero-order valence-electron chi connectivity index (χ0n) is 6.77. The van der Waals surface area contributed by atoms with Crippen molar-refractivity contribution in [2.45, 2.75) is 27.7 Å². The van der Waals surface area contributed by atoms with Crippen molar-refractivity contribution in [2.75, 3.05) is 0 Å². The van der Waals surface area contributed by atoms with Crippen LogP contribution in [-0.4, -0.2) is 5.97 Å². The van der Waals surface area contributed by atoms with E-state index >= 15 is 0 Å². The van der Waals surface area contributed by atoms with Crippen LogP contribution in [0.3, 0.4) is 0 Å². The molecule has 0 rings (SSSR count). The van der Waals surface area contributed by atoms with Crippen molar-refractivity contribution in [1.82, 2.24) is 0 Å². The summed E-state index contributed by atoms with van der Waals surface area (Å²) in [6, 6.07) is 0. The standard InChI is InChI=1S/C7H13BrO2/c1-5(6(9)10-8)7(2,3)4/h5H,1-4H3. The van der Waals surface area contributed by atoms with Crippen LogP contribution in [0.5, 0.6) is 0 Å². The first-order valence-electron chi connectivity index (χ1n) is 3.22. The Hall–Kier alpha value is -0.0500. The molecule has 0 aromatic rings. The fourth-order valence-electron chi connectivity index (χ4n) is 0.420. The van der Waals surface area contributed by atoms with Crippen LogP contribution in [0.15, 0.2) is 0 Å². The number of rotatable bonds is 1. The summed E-state index contributed by atoms with van der Waals surface area (Å²) in [6.45, 7) is 7.86. The largest absolute Gasteiger partial charge is 0.383 e. The van der Waals surface area contributed by atoms with Crippen LogP contribution in [-0.2, 0) is 8.62 Å². The van der Waals surface area contributed by atoms with Gasteiger partial charge in [0.05, 0.1) is 5.92 Å². The predicted molar refractivity (Wildman–Crippen MR) is 43.6 cm³/mol. The normalized spacial score (nSPS) is 14.5. The van der Waals surface area contributed by atoms with E-state index < -0.39 is 0 Å². The van der Waals surface area contributed by atoms with Gasteiger partial charge in [0.1, 0.15) is 0 Å². The highest BCUT2D eigenvalue weighted by molar-refractivity contribution is 9.06. The van der Waals surface area contributed by atoms with Crippen molar-refractivity contribution in [3.8, 4) is 0 Å². The summed E-state index contributed by atoms with van der Waals surface area (Å²) in [5.74, 6) is -0.292. The molecule has 0 aliphatic heterocycles. The van der Waals surface area contributed by atoms with Gasteiger partial charge in [-0.2, -0.15) is 0 Å². The average molecular weight is 209 g/mol. The second kappa shape index (κ2) is 3.37. The van der Waals surface area contributed by atoms with Crippen molar-refractivity contribution in [1.29, 1.82) is 0 Å². The number of carbonyl (C=O) groups excluding carboxylic acids is 1. The molecule has 0 saturated carbocycles. The van der Waals surface area contributed by atoms with E-state index in [9.17, 15) is 4.79 Å². The van der Waals surface area contributed by atoms with E-state index in [1.54, 1.807) is 0 Å².